The Hall–Kier alpha value is -1.72. The van der Waals surface area contributed by atoms with Crippen molar-refractivity contribution in [1.82, 2.24) is 19.0 Å². The Labute approximate surface area is 223 Å². The molecule has 10 heteroatoms. The van der Waals surface area contributed by atoms with Gasteiger partial charge in [0.25, 0.3) is 0 Å². The van der Waals surface area contributed by atoms with Gasteiger partial charge in [0.1, 0.15) is 12.4 Å². The van der Waals surface area contributed by atoms with Crippen LogP contribution in [0.5, 0.6) is 5.75 Å². The Balaban J connectivity index is 1.43. The lowest BCUT2D eigenvalue weighted by molar-refractivity contribution is -0.138. The van der Waals surface area contributed by atoms with Crippen LogP contribution in [0.4, 0.5) is 0 Å². The fraction of sp³-hybridized carbons (Fsp3) is 0.741. The molecule has 37 heavy (non-hydrogen) atoms. The fourth-order valence-electron chi connectivity index (χ4n) is 5.43. The van der Waals surface area contributed by atoms with Crippen molar-refractivity contribution in [2.45, 2.75) is 69.5 Å². The molecule has 0 N–H and O–H groups in total. The summed E-state index contributed by atoms with van der Waals surface area (Å²) in [6.07, 6.45) is 4.36. The summed E-state index contributed by atoms with van der Waals surface area (Å²) in [5, 5.41) is 0. The van der Waals surface area contributed by atoms with Crippen molar-refractivity contribution in [3.05, 3.63) is 23.8 Å². The van der Waals surface area contributed by atoms with Gasteiger partial charge in [-0.1, -0.05) is 0 Å². The van der Waals surface area contributed by atoms with Gasteiger partial charge in [0.2, 0.25) is 15.9 Å². The lowest BCUT2D eigenvalue weighted by Crippen LogP contribution is -2.54. The van der Waals surface area contributed by atoms with Gasteiger partial charge in [0.05, 0.1) is 18.6 Å². The third-order valence-corrected chi connectivity index (χ3v) is 10.0. The topological polar surface area (TPSA) is 82.6 Å². The number of methoxy groups -OCH3 is 1. The first-order valence-corrected chi connectivity index (χ1v) is 14.9. The van der Waals surface area contributed by atoms with Crippen LogP contribution in [0.3, 0.4) is 0 Å². The number of ether oxygens (including phenoxy) is 2. The number of nitrogens with zero attached hydrogens (tertiary/aromatic N) is 4. The van der Waals surface area contributed by atoms with E-state index in [1.165, 1.54) is 17.8 Å². The van der Waals surface area contributed by atoms with E-state index in [-0.39, 0.29) is 36.6 Å². The first kappa shape index (κ1) is 29.8. The molecular weight excluding hydrogens is 492 g/mol. The van der Waals surface area contributed by atoms with Crippen LogP contribution in [0.1, 0.15) is 45.1 Å². The molecule has 3 rings (SSSR count). The molecule has 0 radical (unpaired) electrons. The van der Waals surface area contributed by atoms with Crippen LogP contribution in [-0.2, 0) is 19.6 Å². The minimum absolute atomic E-state index is 0.0415. The van der Waals surface area contributed by atoms with Gasteiger partial charge in [-0.15, -0.1) is 0 Å². The Bertz CT molecular complexity index is 995. The molecule has 2 atom stereocenters. The van der Waals surface area contributed by atoms with E-state index in [4.69, 9.17) is 9.47 Å². The summed E-state index contributed by atoms with van der Waals surface area (Å²) < 4.78 is 38.0. The number of likely N-dealkylation sites (N-methyl/N-ethyl adjacent to an activating group) is 2. The number of benzene rings is 1. The normalized spacial score (nSPS) is 21.9. The molecule has 1 aromatic carbocycles. The molecule has 1 heterocycles. The highest BCUT2D eigenvalue weighted by Crippen LogP contribution is 2.27. The number of aryl methyl sites for hydroxylation is 1. The Morgan fingerprint density at radius 2 is 1.84 bits per heavy atom. The number of carbonyl (C=O) groups excluding carboxylic acids is 1. The zero-order chi connectivity index (χ0) is 27.2. The van der Waals surface area contributed by atoms with Gasteiger partial charge in [-0.05, 0) is 70.2 Å². The number of piperazine rings is 1. The lowest BCUT2D eigenvalue weighted by atomic mass is 9.88. The molecule has 9 nitrogen and oxygen atoms in total. The van der Waals surface area contributed by atoms with Gasteiger partial charge in [-0.25, -0.2) is 8.42 Å². The zero-order valence-corrected chi connectivity index (χ0v) is 24.3. The number of amides is 1. The summed E-state index contributed by atoms with van der Waals surface area (Å²) >= 11 is 0. The van der Waals surface area contributed by atoms with Crippen molar-refractivity contribution in [3.8, 4) is 5.75 Å². The largest absolute Gasteiger partial charge is 0.497 e. The molecular formula is C27H46N4O5S. The average molecular weight is 539 g/mol. The number of hydrogen-bond acceptors (Lipinski definition) is 7. The molecule has 1 aromatic rings. The molecule has 2 fully saturated rings. The Kier molecular flexibility index (Phi) is 10.8. The van der Waals surface area contributed by atoms with E-state index < -0.39 is 10.0 Å². The van der Waals surface area contributed by atoms with Crippen molar-refractivity contribution in [2.24, 2.45) is 0 Å². The predicted octanol–water partition coefficient (Wildman–Crippen LogP) is 2.44. The van der Waals surface area contributed by atoms with Gasteiger partial charge < -0.3 is 14.4 Å². The van der Waals surface area contributed by atoms with Gasteiger partial charge in [0, 0.05) is 64.9 Å². The summed E-state index contributed by atoms with van der Waals surface area (Å²) in [7, 11) is 1.29. The van der Waals surface area contributed by atoms with Crippen molar-refractivity contribution < 1.29 is 22.7 Å². The van der Waals surface area contributed by atoms with Crippen LogP contribution >= 0.6 is 0 Å². The van der Waals surface area contributed by atoms with E-state index in [0.717, 1.165) is 45.4 Å². The maximum atomic E-state index is 13.0. The minimum Gasteiger partial charge on any atom is -0.497 e. The number of hydrogen-bond donors (Lipinski definition) is 0. The third kappa shape index (κ3) is 7.66. The molecule has 0 unspecified atom stereocenters. The molecule has 210 valence electrons. The van der Waals surface area contributed by atoms with E-state index >= 15 is 0 Å². The molecule has 0 aromatic heterocycles. The quantitative estimate of drug-likeness (QED) is 0.400. The Morgan fingerprint density at radius 3 is 2.46 bits per heavy atom. The first-order chi connectivity index (χ1) is 17.5. The molecule has 1 saturated heterocycles. The van der Waals surface area contributed by atoms with Gasteiger partial charge in [-0.2, -0.15) is 4.31 Å². The number of rotatable bonds is 11. The molecule has 1 aliphatic heterocycles. The summed E-state index contributed by atoms with van der Waals surface area (Å²) in [6.45, 7) is 11.0. The standard InChI is InChI=1S/C27H46N4O5S/c1-21(2)30-12-14-31(15-13-30)24-9-7-8-23(19-24)29(5)27(32)20-36-17-16-28(4)37(33,34)26-11-10-25(35-6)18-22(26)3/h10-11,18,21,23-24H,7-9,12-17,19-20H2,1-6H3/t23-,24+/m1/s1. The molecule has 2 aliphatic rings. The maximum Gasteiger partial charge on any atom is 0.248 e. The molecule has 0 bridgehead atoms. The maximum absolute atomic E-state index is 13.0. The van der Waals surface area contributed by atoms with Crippen molar-refractivity contribution in [2.75, 3.05) is 67.1 Å². The van der Waals surface area contributed by atoms with Gasteiger partial charge in [0.15, 0.2) is 0 Å². The first-order valence-electron chi connectivity index (χ1n) is 13.5. The van der Waals surface area contributed by atoms with E-state index in [2.05, 4.69) is 23.6 Å². The number of carbonyl (C=O) groups is 1. The van der Waals surface area contributed by atoms with Crippen molar-refractivity contribution in [1.29, 1.82) is 0 Å². The molecule has 1 amide bonds. The van der Waals surface area contributed by atoms with Crippen LogP contribution in [-0.4, -0.2) is 119 Å². The lowest BCUT2D eigenvalue weighted by Gasteiger charge is -2.44. The monoisotopic (exact) mass is 538 g/mol. The summed E-state index contributed by atoms with van der Waals surface area (Å²) in [5.41, 5.74) is 0.622. The summed E-state index contributed by atoms with van der Waals surface area (Å²) in [5.74, 6) is 0.565. The second-order valence-corrected chi connectivity index (χ2v) is 12.7. The van der Waals surface area contributed by atoms with Crippen LogP contribution in [0, 0.1) is 6.92 Å². The smallest absolute Gasteiger partial charge is 0.248 e. The van der Waals surface area contributed by atoms with E-state index in [1.54, 1.807) is 32.2 Å². The number of sulfonamides is 1. The minimum atomic E-state index is -3.66. The second kappa shape index (κ2) is 13.4. The van der Waals surface area contributed by atoms with E-state index in [0.29, 0.717) is 23.4 Å². The predicted molar refractivity (Wildman–Crippen MR) is 145 cm³/mol. The van der Waals surface area contributed by atoms with Crippen LogP contribution < -0.4 is 4.74 Å². The molecule has 0 spiro atoms. The fourth-order valence-corrected chi connectivity index (χ4v) is 6.78. The second-order valence-electron chi connectivity index (χ2n) is 10.7. The SMILES string of the molecule is COc1ccc(S(=O)(=O)N(C)CCOCC(=O)N(C)[C@@H]2CCC[C@H](N3CCN(C(C)C)CC3)C2)c(C)c1. The summed E-state index contributed by atoms with van der Waals surface area (Å²) in [6, 6.07) is 6.24. The Morgan fingerprint density at radius 1 is 1.14 bits per heavy atom. The average Bonchev–Trinajstić information content (AvgIpc) is 2.90. The van der Waals surface area contributed by atoms with Gasteiger partial charge in [-0.3, -0.25) is 14.6 Å². The van der Waals surface area contributed by atoms with Crippen molar-refractivity contribution >= 4 is 15.9 Å². The summed E-state index contributed by atoms with van der Waals surface area (Å²) in [4.78, 5) is 20.1. The van der Waals surface area contributed by atoms with E-state index in [9.17, 15) is 13.2 Å². The zero-order valence-electron chi connectivity index (χ0n) is 23.5. The van der Waals surface area contributed by atoms with E-state index in [1.807, 2.05) is 11.9 Å². The van der Waals surface area contributed by atoms with Crippen LogP contribution in [0.25, 0.3) is 0 Å². The third-order valence-electron chi connectivity index (χ3n) is 8.00. The highest BCUT2D eigenvalue weighted by molar-refractivity contribution is 7.89. The highest BCUT2D eigenvalue weighted by Gasteiger charge is 2.32. The molecule has 1 saturated carbocycles. The highest BCUT2D eigenvalue weighted by atomic mass is 32.2. The van der Waals surface area contributed by atoms with Gasteiger partial charge >= 0.3 is 0 Å². The van der Waals surface area contributed by atoms with Crippen molar-refractivity contribution in [3.63, 3.8) is 0 Å². The van der Waals surface area contributed by atoms with Crippen LogP contribution in [0.15, 0.2) is 23.1 Å². The molecule has 1 aliphatic carbocycles. The van der Waals surface area contributed by atoms with Crippen LogP contribution in [0.2, 0.25) is 0 Å².